The molecule has 112 valence electrons. The number of aromatic nitrogens is 2. The zero-order valence-corrected chi connectivity index (χ0v) is 12.5. The fourth-order valence-electron chi connectivity index (χ4n) is 1.93. The molecule has 0 bridgehead atoms. The summed E-state index contributed by atoms with van der Waals surface area (Å²) in [6.45, 7) is 0. The molecule has 1 unspecified atom stereocenters. The van der Waals surface area contributed by atoms with Crippen molar-refractivity contribution in [2.24, 2.45) is 5.84 Å². The molecular weight excluding hydrogens is 292 g/mol. The maximum Gasteiger partial charge on any atom is 0.237 e. The highest BCUT2D eigenvalue weighted by molar-refractivity contribution is 7.90. The smallest absolute Gasteiger partial charge is 0.237 e. The Kier molecular flexibility index (Phi) is 4.51. The quantitative estimate of drug-likeness (QED) is 0.609. The summed E-state index contributed by atoms with van der Waals surface area (Å²) >= 11 is 0. The van der Waals surface area contributed by atoms with Gasteiger partial charge in [0, 0.05) is 18.6 Å². The molecule has 2 rings (SSSR count). The van der Waals surface area contributed by atoms with E-state index >= 15 is 0 Å². The monoisotopic (exact) mass is 308 g/mol. The maximum atomic E-state index is 11.5. The van der Waals surface area contributed by atoms with Gasteiger partial charge >= 0.3 is 0 Å². The SMILES string of the molecule is COc1nccnc1C(NN)c1ccc(S(C)(=O)=O)cc1. The highest BCUT2D eigenvalue weighted by Crippen LogP contribution is 2.26. The van der Waals surface area contributed by atoms with Crippen molar-refractivity contribution in [3.8, 4) is 5.88 Å². The van der Waals surface area contributed by atoms with Crippen LogP contribution in [0.2, 0.25) is 0 Å². The van der Waals surface area contributed by atoms with Gasteiger partial charge in [-0.25, -0.2) is 18.8 Å². The fourth-order valence-corrected chi connectivity index (χ4v) is 2.56. The van der Waals surface area contributed by atoms with E-state index in [1.165, 1.54) is 31.6 Å². The van der Waals surface area contributed by atoms with Gasteiger partial charge in [-0.1, -0.05) is 12.1 Å². The van der Waals surface area contributed by atoms with E-state index in [2.05, 4.69) is 15.4 Å². The number of sulfone groups is 1. The van der Waals surface area contributed by atoms with E-state index in [0.29, 0.717) is 11.6 Å². The third-order valence-corrected chi connectivity index (χ3v) is 4.09. The molecule has 1 aromatic heterocycles. The third kappa shape index (κ3) is 3.35. The van der Waals surface area contributed by atoms with E-state index in [-0.39, 0.29) is 4.90 Å². The number of nitrogens with one attached hydrogen (secondary N) is 1. The van der Waals surface area contributed by atoms with Crippen LogP contribution < -0.4 is 16.0 Å². The van der Waals surface area contributed by atoms with Gasteiger partial charge in [0.2, 0.25) is 5.88 Å². The highest BCUT2D eigenvalue weighted by Gasteiger charge is 2.20. The molecule has 2 aromatic rings. The molecule has 3 N–H and O–H groups in total. The standard InChI is InChI=1S/C13H16N4O3S/c1-20-13-12(15-7-8-16-13)11(17-14)9-3-5-10(6-4-9)21(2,18)19/h3-8,11,17H,14H2,1-2H3. The number of rotatable bonds is 5. The first-order valence-electron chi connectivity index (χ1n) is 6.08. The van der Waals surface area contributed by atoms with Gasteiger partial charge in [-0.3, -0.25) is 10.8 Å². The molecular formula is C13H16N4O3S. The predicted molar refractivity (Wildman–Crippen MR) is 77.3 cm³/mol. The van der Waals surface area contributed by atoms with Crippen molar-refractivity contribution in [2.75, 3.05) is 13.4 Å². The van der Waals surface area contributed by atoms with Crippen LogP contribution in [0.4, 0.5) is 0 Å². The molecule has 1 atom stereocenters. The van der Waals surface area contributed by atoms with Crippen LogP contribution >= 0.6 is 0 Å². The summed E-state index contributed by atoms with van der Waals surface area (Å²) in [6, 6.07) is 5.95. The first-order valence-corrected chi connectivity index (χ1v) is 7.97. The van der Waals surface area contributed by atoms with Crippen molar-refractivity contribution in [2.45, 2.75) is 10.9 Å². The van der Waals surface area contributed by atoms with E-state index in [1.54, 1.807) is 12.1 Å². The van der Waals surface area contributed by atoms with Crippen LogP contribution in [0.5, 0.6) is 5.88 Å². The van der Waals surface area contributed by atoms with Gasteiger partial charge in [-0.2, -0.15) is 0 Å². The molecule has 1 aromatic carbocycles. The summed E-state index contributed by atoms with van der Waals surface area (Å²) in [5, 5.41) is 0. The minimum Gasteiger partial charge on any atom is -0.480 e. The highest BCUT2D eigenvalue weighted by atomic mass is 32.2. The van der Waals surface area contributed by atoms with Gasteiger partial charge in [0.25, 0.3) is 0 Å². The van der Waals surface area contributed by atoms with Crippen LogP contribution in [-0.2, 0) is 9.84 Å². The molecule has 7 nitrogen and oxygen atoms in total. The number of hydrogen-bond acceptors (Lipinski definition) is 7. The van der Waals surface area contributed by atoms with E-state index < -0.39 is 15.9 Å². The van der Waals surface area contributed by atoms with Crippen LogP contribution in [0.1, 0.15) is 17.3 Å². The number of ether oxygens (including phenoxy) is 1. The van der Waals surface area contributed by atoms with Gasteiger partial charge in [-0.15, -0.1) is 0 Å². The normalized spacial score (nSPS) is 12.9. The van der Waals surface area contributed by atoms with Crippen LogP contribution in [0.15, 0.2) is 41.6 Å². The molecule has 8 heteroatoms. The summed E-state index contributed by atoms with van der Waals surface area (Å²) in [5.41, 5.74) is 3.91. The van der Waals surface area contributed by atoms with E-state index in [1.807, 2.05) is 0 Å². The molecule has 0 aliphatic carbocycles. The number of benzene rings is 1. The average Bonchev–Trinajstić information content (AvgIpc) is 2.48. The zero-order chi connectivity index (χ0) is 15.5. The summed E-state index contributed by atoms with van der Waals surface area (Å²) in [6.07, 6.45) is 4.21. The molecule has 1 heterocycles. The Morgan fingerprint density at radius 2 is 1.81 bits per heavy atom. The van der Waals surface area contributed by atoms with Gasteiger partial charge in [0.15, 0.2) is 9.84 Å². The molecule has 0 aliphatic heterocycles. The lowest BCUT2D eigenvalue weighted by Crippen LogP contribution is -2.30. The van der Waals surface area contributed by atoms with E-state index in [4.69, 9.17) is 10.6 Å². The number of methoxy groups -OCH3 is 1. The Morgan fingerprint density at radius 3 is 2.33 bits per heavy atom. The van der Waals surface area contributed by atoms with E-state index in [0.717, 1.165) is 11.8 Å². The Balaban J connectivity index is 2.42. The minimum absolute atomic E-state index is 0.244. The van der Waals surface area contributed by atoms with Crippen molar-refractivity contribution < 1.29 is 13.2 Å². The molecule has 0 fully saturated rings. The van der Waals surface area contributed by atoms with Crippen molar-refractivity contribution >= 4 is 9.84 Å². The second-order valence-corrected chi connectivity index (χ2v) is 6.41. The number of nitrogens with zero attached hydrogens (tertiary/aromatic N) is 2. The summed E-state index contributed by atoms with van der Waals surface area (Å²) < 4.78 is 28.1. The molecule has 0 spiro atoms. The van der Waals surface area contributed by atoms with Crippen molar-refractivity contribution in [1.82, 2.24) is 15.4 Å². The molecule has 0 amide bonds. The second kappa shape index (κ2) is 6.17. The summed E-state index contributed by atoms with van der Waals surface area (Å²) in [4.78, 5) is 8.54. The van der Waals surface area contributed by atoms with Crippen molar-refractivity contribution in [3.05, 3.63) is 47.9 Å². The Hall–Kier alpha value is -2.03. The van der Waals surface area contributed by atoms with Crippen LogP contribution in [-0.4, -0.2) is 31.8 Å². The number of hydrogen-bond donors (Lipinski definition) is 2. The predicted octanol–water partition coefficient (Wildman–Crippen LogP) is 0.441. The topological polar surface area (TPSA) is 107 Å². The number of hydrazine groups is 1. The molecule has 0 radical (unpaired) electrons. The Bertz CT molecular complexity index is 716. The second-order valence-electron chi connectivity index (χ2n) is 4.39. The number of nitrogens with two attached hydrogens (primary N) is 1. The third-order valence-electron chi connectivity index (χ3n) is 2.97. The van der Waals surface area contributed by atoms with Gasteiger partial charge in [0.05, 0.1) is 18.0 Å². The molecule has 0 aliphatic rings. The maximum absolute atomic E-state index is 11.5. The van der Waals surface area contributed by atoms with Crippen molar-refractivity contribution in [1.29, 1.82) is 0 Å². The molecule has 0 saturated heterocycles. The first kappa shape index (κ1) is 15.4. The molecule has 0 saturated carbocycles. The van der Waals surface area contributed by atoms with Crippen molar-refractivity contribution in [3.63, 3.8) is 0 Å². The van der Waals surface area contributed by atoms with Crippen LogP contribution in [0, 0.1) is 0 Å². The summed E-state index contributed by atoms with van der Waals surface area (Å²) in [7, 11) is -1.74. The molecule has 21 heavy (non-hydrogen) atoms. The fraction of sp³-hybridized carbons (Fsp3) is 0.231. The van der Waals surface area contributed by atoms with Crippen LogP contribution in [0.3, 0.4) is 0 Å². The van der Waals surface area contributed by atoms with Gasteiger partial charge in [0.1, 0.15) is 5.69 Å². The minimum atomic E-state index is -3.23. The lowest BCUT2D eigenvalue weighted by Gasteiger charge is -2.17. The lowest BCUT2D eigenvalue weighted by atomic mass is 10.0. The largest absolute Gasteiger partial charge is 0.480 e. The van der Waals surface area contributed by atoms with Gasteiger partial charge in [-0.05, 0) is 17.7 Å². The zero-order valence-electron chi connectivity index (χ0n) is 11.6. The van der Waals surface area contributed by atoms with Gasteiger partial charge < -0.3 is 4.74 Å². The Morgan fingerprint density at radius 1 is 1.19 bits per heavy atom. The lowest BCUT2D eigenvalue weighted by molar-refractivity contribution is 0.383. The van der Waals surface area contributed by atoms with Crippen LogP contribution in [0.25, 0.3) is 0 Å². The first-order chi connectivity index (χ1) is 9.97. The summed E-state index contributed by atoms with van der Waals surface area (Å²) in [5.74, 6) is 5.95. The Labute approximate surface area is 123 Å². The average molecular weight is 308 g/mol. The van der Waals surface area contributed by atoms with E-state index in [9.17, 15) is 8.42 Å².